The predicted molar refractivity (Wildman–Crippen MR) is 109 cm³/mol. The van der Waals surface area contributed by atoms with Gasteiger partial charge in [0.2, 0.25) is 5.91 Å². The lowest BCUT2D eigenvalue weighted by atomic mass is 10.1. The average molecular weight is 415 g/mol. The fourth-order valence-corrected chi connectivity index (χ4v) is 2.49. The minimum atomic E-state index is -0.873. The molecule has 0 aliphatic heterocycles. The monoisotopic (exact) mass is 415 g/mol. The van der Waals surface area contributed by atoms with Crippen molar-refractivity contribution in [2.75, 3.05) is 37.5 Å². The molecule has 0 spiro atoms. The van der Waals surface area contributed by atoms with Crippen LogP contribution in [0.15, 0.2) is 42.5 Å². The number of methoxy groups -OCH3 is 1. The third-order valence-corrected chi connectivity index (χ3v) is 3.92. The zero-order valence-corrected chi connectivity index (χ0v) is 16.5. The van der Waals surface area contributed by atoms with Crippen LogP contribution < -0.4 is 10.6 Å². The van der Waals surface area contributed by atoms with Crippen molar-refractivity contribution < 1.29 is 28.8 Å². The van der Waals surface area contributed by atoms with Crippen LogP contribution in [0.5, 0.6) is 0 Å². The molecule has 10 heteroatoms. The molecule has 30 heavy (non-hydrogen) atoms. The van der Waals surface area contributed by atoms with Gasteiger partial charge >= 0.3 is 5.97 Å². The van der Waals surface area contributed by atoms with Crippen LogP contribution >= 0.6 is 0 Å². The molecule has 0 fully saturated rings. The normalized spacial score (nSPS) is 10.2. The van der Waals surface area contributed by atoms with Crippen LogP contribution in [0.4, 0.5) is 17.1 Å². The van der Waals surface area contributed by atoms with E-state index in [0.29, 0.717) is 24.5 Å². The van der Waals surface area contributed by atoms with Gasteiger partial charge < -0.3 is 20.1 Å². The quantitative estimate of drug-likeness (QED) is 0.199. The van der Waals surface area contributed by atoms with E-state index in [9.17, 15) is 24.5 Å². The molecule has 0 aliphatic carbocycles. The van der Waals surface area contributed by atoms with E-state index >= 15 is 0 Å². The molecule has 0 aromatic heterocycles. The maximum Gasteiger partial charge on any atom is 0.340 e. The number of ether oxygens (including phenoxy) is 2. The third-order valence-electron chi connectivity index (χ3n) is 3.92. The Bertz CT molecular complexity index is 942. The molecule has 0 radical (unpaired) electrons. The number of nitrogens with zero attached hydrogens (tertiary/aromatic N) is 1. The number of nitrogens with one attached hydrogen (secondary N) is 2. The SMILES string of the molecule is COCCNc1ccc([N+](=O)[O-])cc1C(=O)OCC(=O)c1ccc(NC(C)=O)cc1. The van der Waals surface area contributed by atoms with Crippen LogP contribution in [-0.2, 0) is 14.3 Å². The van der Waals surface area contributed by atoms with Gasteiger partial charge in [-0.2, -0.15) is 0 Å². The number of ketones is 1. The summed E-state index contributed by atoms with van der Waals surface area (Å²) in [5.41, 5.74) is 0.803. The van der Waals surface area contributed by atoms with Gasteiger partial charge in [0.25, 0.3) is 5.69 Å². The third kappa shape index (κ3) is 6.38. The molecular formula is C20H21N3O7. The van der Waals surface area contributed by atoms with E-state index in [1.54, 1.807) is 12.1 Å². The van der Waals surface area contributed by atoms with Crippen LogP contribution in [0.2, 0.25) is 0 Å². The lowest BCUT2D eigenvalue weighted by Crippen LogP contribution is -2.17. The van der Waals surface area contributed by atoms with Gasteiger partial charge in [0, 0.05) is 49.6 Å². The first-order valence-electron chi connectivity index (χ1n) is 8.91. The van der Waals surface area contributed by atoms with E-state index in [2.05, 4.69) is 10.6 Å². The second kappa shape index (κ2) is 10.7. The Kier molecular flexibility index (Phi) is 8.00. The Morgan fingerprint density at radius 2 is 1.80 bits per heavy atom. The summed E-state index contributed by atoms with van der Waals surface area (Å²) in [4.78, 5) is 46.2. The Morgan fingerprint density at radius 1 is 1.10 bits per heavy atom. The topological polar surface area (TPSA) is 137 Å². The van der Waals surface area contributed by atoms with Gasteiger partial charge in [-0.05, 0) is 30.3 Å². The molecule has 158 valence electrons. The molecule has 2 aromatic carbocycles. The largest absolute Gasteiger partial charge is 0.454 e. The highest BCUT2D eigenvalue weighted by Gasteiger charge is 2.19. The van der Waals surface area contributed by atoms with Crippen molar-refractivity contribution in [3.05, 3.63) is 63.7 Å². The molecular weight excluding hydrogens is 394 g/mol. The first-order valence-corrected chi connectivity index (χ1v) is 8.91. The van der Waals surface area contributed by atoms with Gasteiger partial charge in [0.15, 0.2) is 12.4 Å². The number of esters is 1. The van der Waals surface area contributed by atoms with E-state index in [1.807, 2.05) is 0 Å². The summed E-state index contributed by atoms with van der Waals surface area (Å²) in [6.07, 6.45) is 0. The van der Waals surface area contributed by atoms with Gasteiger partial charge in [-0.15, -0.1) is 0 Å². The van der Waals surface area contributed by atoms with E-state index in [0.717, 1.165) is 6.07 Å². The molecule has 0 aliphatic rings. The molecule has 0 heterocycles. The number of nitro groups is 1. The smallest absolute Gasteiger partial charge is 0.340 e. The predicted octanol–water partition coefficient (Wildman–Crippen LogP) is 2.65. The van der Waals surface area contributed by atoms with Crippen molar-refractivity contribution in [2.45, 2.75) is 6.92 Å². The number of nitro benzene ring substituents is 1. The van der Waals surface area contributed by atoms with Crippen LogP contribution in [0.25, 0.3) is 0 Å². The number of amides is 1. The Hall–Kier alpha value is -3.79. The molecule has 2 rings (SSSR count). The van der Waals surface area contributed by atoms with E-state index < -0.39 is 23.3 Å². The van der Waals surface area contributed by atoms with Crippen LogP contribution in [0.3, 0.4) is 0 Å². The number of carbonyl (C=O) groups is 3. The summed E-state index contributed by atoms with van der Waals surface area (Å²) in [7, 11) is 1.51. The molecule has 0 atom stereocenters. The first kappa shape index (κ1) is 22.5. The fraction of sp³-hybridized carbons (Fsp3) is 0.250. The van der Waals surface area contributed by atoms with Crippen LogP contribution in [0, 0.1) is 10.1 Å². The molecule has 10 nitrogen and oxygen atoms in total. The number of anilines is 2. The minimum absolute atomic E-state index is 0.0610. The first-order chi connectivity index (χ1) is 14.3. The molecule has 2 aromatic rings. The van der Waals surface area contributed by atoms with Crippen molar-refractivity contribution in [1.82, 2.24) is 0 Å². The molecule has 0 bridgehead atoms. The lowest BCUT2D eigenvalue weighted by molar-refractivity contribution is -0.384. The summed E-state index contributed by atoms with van der Waals surface area (Å²) in [5.74, 6) is -1.58. The van der Waals surface area contributed by atoms with Crippen molar-refractivity contribution in [3.8, 4) is 0 Å². The molecule has 0 saturated carbocycles. The standard InChI is InChI=1S/C20H21N3O7/c1-13(24)22-15-5-3-14(4-6-15)19(25)12-30-20(26)17-11-16(23(27)28)7-8-18(17)21-9-10-29-2/h3-8,11,21H,9-10,12H2,1-2H3,(H,22,24). The number of carbonyl (C=O) groups excluding carboxylic acids is 3. The number of benzene rings is 2. The number of hydrogen-bond acceptors (Lipinski definition) is 8. The second-order valence-corrected chi connectivity index (χ2v) is 6.16. The highest BCUT2D eigenvalue weighted by molar-refractivity contribution is 6.01. The van der Waals surface area contributed by atoms with E-state index in [1.165, 1.54) is 38.3 Å². The van der Waals surface area contributed by atoms with Gasteiger partial charge in [-0.25, -0.2) is 4.79 Å². The second-order valence-electron chi connectivity index (χ2n) is 6.16. The summed E-state index contributed by atoms with van der Waals surface area (Å²) < 4.78 is 10.00. The summed E-state index contributed by atoms with van der Waals surface area (Å²) in [6.45, 7) is 1.55. The molecule has 0 unspecified atom stereocenters. The highest BCUT2D eigenvalue weighted by atomic mass is 16.6. The Labute approximate surface area is 172 Å². The van der Waals surface area contributed by atoms with Crippen LogP contribution in [-0.4, -0.2) is 49.5 Å². The molecule has 2 N–H and O–H groups in total. The number of hydrogen-bond donors (Lipinski definition) is 2. The maximum absolute atomic E-state index is 12.5. The van der Waals surface area contributed by atoms with Crippen LogP contribution in [0.1, 0.15) is 27.6 Å². The number of Topliss-reactive ketones (excluding diaryl/α,β-unsaturated/α-hetero) is 1. The zero-order valence-electron chi connectivity index (χ0n) is 16.5. The van der Waals surface area contributed by atoms with E-state index in [-0.39, 0.29) is 22.7 Å². The lowest BCUT2D eigenvalue weighted by Gasteiger charge is -2.11. The summed E-state index contributed by atoms with van der Waals surface area (Å²) in [5, 5.41) is 16.5. The number of non-ortho nitro benzene ring substituents is 1. The van der Waals surface area contributed by atoms with Crippen molar-refractivity contribution in [3.63, 3.8) is 0 Å². The van der Waals surface area contributed by atoms with Gasteiger partial charge in [0.05, 0.1) is 17.1 Å². The van der Waals surface area contributed by atoms with Crippen molar-refractivity contribution in [2.24, 2.45) is 0 Å². The van der Waals surface area contributed by atoms with Gasteiger partial charge in [-0.1, -0.05) is 0 Å². The molecule has 1 amide bonds. The van der Waals surface area contributed by atoms with Gasteiger partial charge in [0.1, 0.15) is 0 Å². The van der Waals surface area contributed by atoms with Gasteiger partial charge in [-0.3, -0.25) is 19.7 Å². The average Bonchev–Trinajstić information content (AvgIpc) is 2.72. The van der Waals surface area contributed by atoms with Crippen molar-refractivity contribution in [1.29, 1.82) is 0 Å². The zero-order chi connectivity index (χ0) is 22.1. The van der Waals surface area contributed by atoms with Crippen molar-refractivity contribution >= 4 is 34.7 Å². The summed E-state index contributed by atoms with van der Waals surface area (Å²) >= 11 is 0. The number of rotatable bonds is 10. The fourth-order valence-electron chi connectivity index (χ4n) is 2.49. The molecule has 0 saturated heterocycles. The highest BCUT2D eigenvalue weighted by Crippen LogP contribution is 2.23. The Morgan fingerprint density at radius 3 is 2.40 bits per heavy atom. The Balaban J connectivity index is 2.08. The maximum atomic E-state index is 12.5. The summed E-state index contributed by atoms with van der Waals surface area (Å²) in [6, 6.07) is 9.83. The van der Waals surface area contributed by atoms with E-state index in [4.69, 9.17) is 9.47 Å². The minimum Gasteiger partial charge on any atom is -0.454 e.